The van der Waals surface area contributed by atoms with Crippen LogP contribution in [-0.4, -0.2) is 44.4 Å². The number of morpholine rings is 1. The Bertz CT molecular complexity index is 349. The molecule has 0 spiro atoms. The topological polar surface area (TPSA) is 47.7 Å². The number of hydrogen-bond donors (Lipinski definition) is 1. The Morgan fingerprint density at radius 2 is 2.00 bits per heavy atom. The molecule has 0 radical (unpaired) electrons. The van der Waals surface area contributed by atoms with Gasteiger partial charge in [0, 0.05) is 26.2 Å². The highest BCUT2D eigenvalue weighted by molar-refractivity contribution is 5.85. The van der Waals surface area contributed by atoms with Gasteiger partial charge in [-0.3, -0.25) is 4.90 Å². The van der Waals surface area contributed by atoms with Crippen molar-refractivity contribution < 1.29 is 9.47 Å². The second-order valence-electron chi connectivity index (χ2n) is 4.31. The Morgan fingerprint density at radius 1 is 1.32 bits per heavy atom. The average Bonchev–Trinajstić information content (AvgIpc) is 2.40. The number of nitrogens with two attached hydrogens (primary N) is 1. The fourth-order valence-electron chi connectivity index (χ4n) is 2.06. The minimum Gasteiger partial charge on any atom is -0.497 e. The van der Waals surface area contributed by atoms with E-state index in [4.69, 9.17) is 15.2 Å². The molecule has 2 rings (SSSR count). The minimum absolute atomic E-state index is 0. The van der Waals surface area contributed by atoms with Gasteiger partial charge < -0.3 is 15.2 Å². The van der Waals surface area contributed by atoms with Crippen LogP contribution in [0, 0.1) is 0 Å². The van der Waals surface area contributed by atoms with E-state index in [2.05, 4.69) is 17.0 Å². The van der Waals surface area contributed by atoms with Gasteiger partial charge in [0.2, 0.25) is 0 Å². The summed E-state index contributed by atoms with van der Waals surface area (Å²) in [6.45, 7) is 4.21. The van der Waals surface area contributed by atoms with E-state index < -0.39 is 0 Å². The van der Waals surface area contributed by atoms with Crippen molar-refractivity contribution in [3.63, 3.8) is 0 Å². The molecule has 110 valence electrons. The highest BCUT2D eigenvalue weighted by atomic mass is 35.5. The van der Waals surface area contributed by atoms with E-state index >= 15 is 0 Å². The van der Waals surface area contributed by atoms with Crippen LogP contribution in [0.2, 0.25) is 0 Å². The molecular weight excluding hydrogens is 287 g/mol. The molecule has 0 amide bonds. The number of hydrogen-bond acceptors (Lipinski definition) is 4. The fraction of sp³-hybridized carbons (Fsp3) is 0.538. The largest absolute Gasteiger partial charge is 0.497 e. The van der Waals surface area contributed by atoms with Crippen LogP contribution in [0.15, 0.2) is 24.3 Å². The van der Waals surface area contributed by atoms with Crippen molar-refractivity contribution >= 4 is 24.8 Å². The van der Waals surface area contributed by atoms with Crippen LogP contribution in [0.5, 0.6) is 5.75 Å². The highest BCUT2D eigenvalue weighted by Gasteiger charge is 2.18. The molecule has 1 unspecified atom stereocenters. The van der Waals surface area contributed by atoms with Crippen molar-refractivity contribution in [3.8, 4) is 5.75 Å². The summed E-state index contributed by atoms with van der Waals surface area (Å²) < 4.78 is 10.7. The molecule has 1 saturated heterocycles. The van der Waals surface area contributed by atoms with Crippen molar-refractivity contribution in [3.05, 3.63) is 29.8 Å². The van der Waals surface area contributed by atoms with E-state index in [1.165, 1.54) is 5.56 Å². The first kappa shape index (κ1) is 18.5. The number of methoxy groups -OCH3 is 1. The van der Waals surface area contributed by atoms with E-state index in [0.29, 0.717) is 6.54 Å². The monoisotopic (exact) mass is 308 g/mol. The van der Waals surface area contributed by atoms with Crippen molar-refractivity contribution in [2.24, 2.45) is 5.73 Å². The zero-order valence-corrected chi connectivity index (χ0v) is 12.7. The molecule has 0 saturated carbocycles. The average molecular weight is 309 g/mol. The molecule has 1 atom stereocenters. The van der Waals surface area contributed by atoms with Crippen LogP contribution in [0.4, 0.5) is 0 Å². The predicted molar refractivity (Wildman–Crippen MR) is 81.6 cm³/mol. The molecule has 1 heterocycles. The van der Waals surface area contributed by atoms with E-state index in [1.54, 1.807) is 7.11 Å². The first-order valence-electron chi connectivity index (χ1n) is 5.99. The molecule has 1 aromatic rings. The summed E-state index contributed by atoms with van der Waals surface area (Å²) in [6, 6.07) is 8.20. The minimum atomic E-state index is 0. The number of ether oxygens (including phenoxy) is 2. The van der Waals surface area contributed by atoms with Crippen LogP contribution >= 0.6 is 24.8 Å². The molecule has 0 bridgehead atoms. The zero-order chi connectivity index (χ0) is 12.1. The van der Waals surface area contributed by atoms with Gasteiger partial charge in [0.25, 0.3) is 0 Å². The zero-order valence-electron chi connectivity index (χ0n) is 11.1. The van der Waals surface area contributed by atoms with E-state index in [1.807, 2.05) is 12.1 Å². The second kappa shape index (κ2) is 9.39. The molecule has 4 nitrogen and oxygen atoms in total. The molecule has 1 aliphatic heterocycles. The van der Waals surface area contributed by atoms with Crippen molar-refractivity contribution in [2.45, 2.75) is 12.6 Å². The first-order chi connectivity index (χ1) is 8.31. The van der Waals surface area contributed by atoms with Gasteiger partial charge in [-0.25, -0.2) is 0 Å². The fourth-order valence-corrected chi connectivity index (χ4v) is 2.06. The van der Waals surface area contributed by atoms with Gasteiger partial charge in [0.15, 0.2) is 0 Å². The molecule has 6 heteroatoms. The summed E-state index contributed by atoms with van der Waals surface area (Å²) >= 11 is 0. The van der Waals surface area contributed by atoms with Gasteiger partial charge in [0.1, 0.15) is 5.75 Å². The Hall–Kier alpha value is -0.520. The number of rotatable bonds is 4. The van der Waals surface area contributed by atoms with E-state index in [0.717, 1.165) is 32.0 Å². The second-order valence-corrected chi connectivity index (χ2v) is 4.31. The highest BCUT2D eigenvalue weighted by Crippen LogP contribution is 2.14. The molecule has 1 aliphatic rings. The van der Waals surface area contributed by atoms with Gasteiger partial charge in [-0.2, -0.15) is 0 Å². The molecule has 0 aliphatic carbocycles. The van der Waals surface area contributed by atoms with Crippen molar-refractivity contribution in [2.75, 3.05) is 33.4 Å². The summed E-state index contributed by atoms with van der Waals surface area (Å²) in [7, 11) is 1.68. The van der Waals surface area contributed by atoms with Gasteiger partial charge in [-0.1, -0.05) is 12.1 Å². The van der Waals surface area contributed by atoms with Crippen LogP contribution in [0.3, 0.4) is 0 Å². The van der Waals surface area contributed by atoms with Crippen LogP contribution in [-0.2, 0) is 11.3 Å². The molecule has 19 heavy (non-hydrogen) atoms. The predicted octanol–water partition coefficient (Wildman–Crippen LogP) is 1.70. The van der Waals surface area contributed by atoms with Crippen LogP contribution < -0.4 is 10.5 Å². The maximum Gasteiger partial charge on any atom is 0.118 e. The number of nitrogens with zero attached hydrogens (tertiary/aromatic N) is 1. The van der Waals surface area contributed by atoms with E-state index in [9.17, 15) is 0 Å². The summed E-state index contributed by atoms with van der Waals surface area (Å²) in [5.74, 6) is 0.899. The Kier molecular flexibility index (Phi) is 9.14. The third-order valence-electron chi connectivity index (χ3n) is 3.05. The third-order valence-corrected chi connectivity index (χ3v) is 3.05. The first-order valence-corrected chi connectivity index (χ1v) is 5.99. The SMILES string of the molecule is COc1ccc(CN2CCOC(CN)C2)cc1.Cl.Cl. The molecular formula is C13H22Cl2N2O2. The number of benzene rings is 1. The van der Waals surface area contributed by atoms with Crippen molar-refractivity contribution in [1.29, 1.82) is 0 Å². The maximum atomic E-state index is 5.63. The lowest BCUT2D eigenvalue weighted by Crippen LogP contribution is -2.45. The van der Waals surface area contributed by atoms with Crippen molar-refractivity contribution in [1.82, 2.24) is 4.90 Å². The third kappa shape index (κ3) is 5.55. The lowest BCUT2D eigenvalue weighted by molar-refractivity contribution is -0.0260. The molecule has 1 aromatic carbocycles. The van der Waals surface area contributed by atoms with Crippen LogP contribution in [0.1, 0.15) is 5.56 Å². The Labute approximate surface area is 127 Å². The standard InChI is InChI=1S/C13H20N2O2.2ClH/c1-16-12-4-2-11(3-5-12)9-15-6-7-17-13(8-14)10-15;;/h2-5,13H,6-10,14H2,1H3;2*1H. The Morgan fingerprint density at radius 3 is 2.58 bits per heavy atom. The Balaban J connectivity index is 0.00000162. The quantitative estimate of drug-likeness (QED) is 0.920. The van der Waals surface area contributed by atoms with Gasteiger partial charge >= 0.3 is 0 Å². The summed E-state index contributed by atoms with van der Waals surface area (Å²) in [5, 5.41) is 0. The molecule has 1 fully saturated rings. The maximum absolute atomic E-state index is 5.63. The smallest absolute Gasteiger partial charge is 0.118 e. The van der Waals surface area contributed by atoms with Gasteiger partial charge in [0.05, 0.1) is 19.8 Å². The molecule has 0 aromatic heterocycles. The lowest BCUT2D eigenvalue weighted by Gasteiger charge is -2.32. The summed E-state index contributed by atoms with van der Waals surface area (Å²) in [4.78, 5) is 2.38. The number of halogens is 2. The van der Waals surface area contributed by atoms with Gasteiger partial charge in [-0.05, 0) is 17.7 Å². The van der Waals surface area contributed by atoms with Crippen LogP contribution in [0.25, 0.3) is 0 Å². The molecule has 2 N–H and O–H groups in total. The summed E-state index contributed by atoms with van der Waals surface area (Å²) in [6.07, 6.45) is 0.182. The lowest BCUT2D eigenvalue weighted by atomic mass is 10.2. The van der Waals surface area contributed by atoms with E-state index in [-0.39, 0.29) is 30.9 Å². The van der Waals surface area contributed by atoms with Gasteiger partial charge in [-0.15, -0.1) is 24.8 Å². The normalized spacial score (nSPS) is 19.2. The summed E-state index contributed by atoms with van der Waals surface area (Å²) in [5.41, 5.74) is 6.92.